The van der Waals surface area contributed by atoms with Crippen LogP contribution in [0.3, 0.4) is 0 Å². The second-order valence-corrected chi connectivity index (χ2v) is 8.41. The topological polar surface area (TPSA) is 0 Å². The highest BCUT2D eigenvalue weighted by atomic mass is 14.5. The number of hydrogen-bond acceptors (Lipinski definition) is 0. The first kappa shape index (κ1) is 12.5. The number of allylic oxidation sites excluding steroid dienone is 1. The highest BCUT2D eigenvalue weighted by Gasteiger charge is 2.49. The first-order valence-corrected chi connectivity index (χ1v) is 8.89. The Labute approximate surface area is 119 Å². The number of hydrogen-bond donors (Lipinski definition) is 0. The predicted molar refractivity (Wildman–Crippen MR) is 80.8 cm³/mol. The van der Waals surface area contributed by atoms with Crippen LogP contribution >= 0.6 is 0 Å². The Morgan fingerprint density at radius 2 is 1.42 bits per heavy atom. The lowest BCUT2D eigenvalue weighted by molar-refractivity contribution is -0.0268. The third-order valence-corrected chi connectivity index (χ3v) is 7.38. The van der Waals surface area contributed by atoms with Crippen molar-refractivity contribution in [3.05, 3.63) is 12.2 Å². The third kappa shape index (κ3) is 2.01. The molecule has 0 aromatic carbocycles. The van der Waals surface area contributed by atoms with Crippen molar-refractivity contribution in [2.45, 2.75) is 64.7 Å². The van der Waals surface area contributed by atoms with Gasteiger partial charge in [-0.3, -0.25) is 0 Å². The summed E-state index contributed by atoms with van der Waals surface area (Å²) in [6.07, 6.45) is 13.6. The quantitative estimate of drug-likeness (QED) is 0.507. The molecule has 7 atom stereocenters. The van der Waals surface area contributed by atoms with Gasteiger partial charge in [-0.05, 0) is 92.8 Å². The minimum atomic E-state index is 1.01. The second kappa shape index (κ2) is 4.64. The van der Waals surface area contributed by atoms with Crippen molar-refractivity contribution < 1.29 is 0 Å². The van der Waals surface area contributed by atoms with Crippen LogP contribution in [0.4, 0.5) is 0 Å². The molecule has 0 heteroatoms. The van der Waals surface area contributed by atoms with E-state index in [2.05, 4.69) is 13.5 Å². The standard InChI is InChI=1S/C19H30/c1-12-3-6-16-14(9-12)4-8-18-17(16)7-5-15-10-13(2)11-19(15)18/h12,14-19H,2-11H2,1H3. The van der Waals surface area contributed by atoms with E-state index in [4.69, 9.17) is 0 Å². The van der Waals surface area contributed by atoms with Gasteiger partial charge in [0.15, 0.2) is 0 Å². The van der Waals surface area contributed by atoms with E-state index in [1.807, 2.05) is 0 Å². The molecule has 4 fully saturated rings. The molecule has 0 nitrogen and oxygen atoms in total. The molecule has 0 aliphatic heterocycles. The molecule has 0 aromatic heterocycles. The smallest absolute Gasteiger partial charge is 0.0289 e. The van der Waals surface area contributed by atoms with E-state index in [1.165, 1.54) is 25.7 Å². The van der Waals surface area contributed by atoms with Crippen LogP contribution in [0.25, 0.3) is 0 Å². The van der Waals surface area contributed by atoms with Crippen LogP contribution in [-0.2, 0) is 0 Å². The lowest BCUT2D eigenvalue weighted by Crippen LogP contribution is -2.44. The fourth-order valence-electron chi connectivity index (χ4n) is 6.64. The van der Waals surface area contributed by atoms with Gasteiger partial charge in [-0.15, -0.1) is 0 Å². The molecule has 0 saturated heterocycles. The Morgan fingerprint density at radius 1 is 0.737 bits per heavy atom. The van der Waals surface area contributed by atoms with Gasteiger partial charge in [0, 0.05) is 0 Å². The summed E-state index contributed by atoms with van der Waals surface area (Å²) in [5, 5.41) is 0. The maximum atomic E-state index is 4.31. The van der Waals surface area contributed by atoms with Crippen molar-refractivity contribution in [3.63, 3.8) is 0 Å². The van der Waals surface area contributed by atoms with Gasteiger partial charge < -0.3 is 0 Å². The van der Waals surface area contributed by atoms with Gasteiger partial charge in [0.2, 0.25) is 0 Å². The summed E-state index contributed by atoms with van der Waals surface area (Å²) in [5.74, 6) is 7.52. The zero-order valence-corrected chi connectivity index (χ0v) is 12.6. The molecule has 0 heterocycles. The van der Waals surface area contributed by atoms with Gasteiger partial charge in [0.25, 0.3) is 0 Å². The molecular formula is C19H30. The molecule has 4 rings (SSSR count). The molecule has 0 N–H and O–H groups in total. The van der Waals surface area contributed by atoms with Crippen molar-refractivity contribution >= 4 is 0 Å². The van der Waals surface area contributed by atoms with Crippen LogP contribution < -0.4 is 0 Å². The van der Waals surface area contributed by atoms with Crippen LogP contribution in [0.1, 0.15) is 64.7 Å². The van der Waals surface area contributed by atoms with E-state index >= 15 is 0 Å². The van der Waals surface area contributed by atoms with Crippen LogP contribution in [0, 0.1) is 41.4 Å². The van der Waals surface area contributed by atoms with Crippen molar-refractivity contribution in [1.82, 2.24) is 0 Å². The molecule has 0 spiro atoms. The molecule has 106 valence electrons. The van der Waals surface area contributed by atoms with Gasteiger partial charge in [-0.2, -0.15) is 0 Å². The van der Waals surface area contributed by atoms with E-state index in [1.54, 1.807) is 37.7 Å². The normalized spacial score (nSPS) is 53.3. The molecular weight excluding hydrogens is 228 g/mol. The molecule has 7 unspecified atom stereocenters. The predicted octanol–water partition coefficient (Wildman–Crippen LogP) is 5.44. The average molecular weight is 258 g/mol. The van der Waals surface area contributed by atoms with E-state index in [0.717, 1.165) is 41.4 Å². The van der Waals surface area contributed by atoms with Gasteiger partial charge in [-0.1, -0.05) is 25.5 Å². The third-order valence-electron chi connectivity index (χ3n) is 7.38. The fraction of sp³-hybridized carbons (Fsp3) is 0.895. The first-order valence-electron chi connectivity index (χ1n) is 8.89. The summed E-state index contributed by atoms with van der Waals surface area (Å²) in [5.41, 5.74) is 1.58. The maximum Gasteiger partial charge on any atom is -0.0289 e. The average Bonchev–Trinajstić information content (AvgIpc) is 2.78. The van der Waals surface area contributed by atoms with Gasteiger partial charge in [-0.25, -0.2) is 0 Å². The molecule has 19 heavy (non-hydrogen) atoms. The summed E-state index contributed by atoms with van der Waals surface area (Å²) < 4.78 is 0. The molecule has 0 amide bonds. The molecule has 4 aliphatic carbocycles. The Morgan fingerprint density at radius 3 is 2.26 bits per heavy atom. The lowest BCUT2D eigenvalue weighted by Gasteiger charge is -2.52. The SMILES string of the molecule is C=C1CC2CCC3C4CCC(C)CC4CCC3C2C1. The summed E-state index contributed by atoms with van der Waals surface area (Å²) in [6, 6.07) is 0. The maximum absolute atomic E-state index is 4.31. The van der Waals surface area contributed by atoms with Crippen LogP contribution in [0.15, 0.2) is 12.2 Å². The highest BCUT2D eigenvalue weighted by molar-refractivity contribution is 5.10. The van der Waals surface area contributed by atoms with Crippen molar-refractivity contribution in [3.8, 4) is 0 Å². The summed E-state index contributed by atoms with van der Waals surface area (Å²) >= 11 is 0. The Balaban J connectivity index is 1.54. The van der Waals surface area contributed by atoms with E-state index in [-0.39, 0.29) is 0 Å². The van der Waals surface area contributed by atoms with Crippen molar-refractivity contribution in [1.29, 1.82) is 0 Å². The summed E-state index contributed by atoms with van der Waals surface area (Å²) in [6.45, 7) is 6.79. The Bertz CT molecular complexity index is 368. The van der Waals surface area contributed by atoms with Crippen LogP contribution in [0.5, 0.6) is 0 Å². The number of fused-ring (bicyclic) bond motifs is 5. The van der Waals surface area contributed by atoms with Crippen LogP contribution in [-0.4, -0.2) is 0 Å². The van der Waals surface area contributed by atoms with Crippen LogP contribution in [0.2, 0.25) is 0 Å². The Kier molecular flexibility index (Phi) is 3.05. The minimum absolute atomic E-state index is 1.01. The van der Waals surface area contributed by atoms with E-state index in [0.29, 0.717) is 0 Å². The zero-order chi connectivity index (χ0) is 13.0. The monoisotopic (exact) mass is 258 g/mol. The lowest BCUT2D eigenvalue weighted by atomic mass is 9.53. The van der Waals surface area contributed by atoms with E-state index < -0.39 is 0 Å². The largest absolute Gasteiger partial charge is 0.0998 e. The molecule has 0 bridgehead atoms. The Hall–Kier alpha value is -0.260. The van der Waals surface area contributed by atoms with Gasteiger partial charge >= 0.3 is 0 Å². The molecule has 4 aliphatic rings. The minimum Gasteiger partial charge on any atom is -0.0998 e. The van der Waals surface area contributed by atoms with Gasteiger partial charge in [0.1, 0.15) is 0 Å². The molecule has 0 aromatic rings. The first-order chi connectivity index (χ1) is 9.22. The second-order valence-electron chi connectivity index (χ2n) is 8.41. The highest BCUT2D eigenvalue weighted by Crippen LogP contribution is 2.58. The summed E-state index contributed by atoms with van der Waals surface area (Å²) in [4.78, 5) is 0. The fourth-order valence-corrected chi connectivity index (χ4v) is 6.64. The zero-order valence-electron chi connectivity index (χ0n) is 12.6. The van der Waals surface area contributed by atoms with E-state index in [9.17, 15) is 0 Å². The molecule has 4 saturated carbocycles. The van der Waals surface area contributed by atoms with Gasteiger partial charge in [0.05, 0.1) is 0 Å². The van der Waals surface area contributed by atoms with Crippen molar-refractivity contribution in [2.24, 2.45) is 41.4 Å². The number of rotatable bonds is 0. The van der Waals surface area contributed by atoms with Crippen molar-refractivity contribution in [2.75, 3.05) is 0 Å². The summed E-state index contributed by atoms with van der Waals surface area (Å²) in [7, 11) is 0. The molecule has 0 radical (unpaired) electrons.